The van der Waals surface area contributed by atoms with Crippen molar-refractivity contribution in [1.82, 2.24) is 9.97 Å². The van der Waals surface area contributed by atoms with Crippen LogP contribution in [0.2, 0.25) is 0 Å². The molecule has 0 atom stereocenters. The van der Waals surface area contributed by atoms with Crippen LogP contribution in [0.15, 0.2) is 23.0 Å². The molecule has 0 unspecified atom stereocenters. The van der Waals surface area contributed by atoms with Crippen molar-refractivity contribution in [2.75, 3.05) is 12.4 Å². The van der Waals surface area contributed by atoms with Crippen molar-refractivity contribution >= 4 is 11.5 Å². The van der Waals surface area contributed by atoms with Gasteiger partial charge in [0.05, 0.1) is 12.8 Å². The first-order valence-corrected chi connectivity index (χ1v) is 8.56. The zero-order valence-corrected chi connectivity index (χ0v) is 14.6. The Morgan fingerprint density at radius 3 is 2.84 bits per heavy atom. The maximum absolute atomic E-state index is 12.3. The van der Waals surface area contributed by atoms with E-state index in [4.69, 9.17) is 4.74 Å². The van der Waals surface area contributed by atoms with E-state index in [0.29, 0.717) is 23.2 Å². The van der Waals surface area contributed by atoms with Crippen LogP contribution in [0.1, 0.15) is 42.6 Å². The van der Waals surface area contributed by atoms with Crippen molar-refractivity contribution in [3.63, 3.8) is 0 Å². The number of nitrogens with one attached hydrogen (secondary N) is 2. The topological polar surface area (TPSA) is 90.8 Å². The number of anilines is 2. The van der Waals surface area contributed by atoms with Gasteiger partial charge in [-0.1, -0.05) is 37.8 Å². The predicted molar refractivity (Wildman–Crippen MR) is 96.2 cm³/mol. The Labute approximate surface area is 146 Å². The molecule has 0 bridgehead atoms. The zero-order valence-electron chi connectivity index (χ0n) is 14.6. The van der Waals surface area contributed by atoms with E-state index in [-0.39, 0.29) is 11.4 Å². The Balaban J connectivity index is 1.98. The minimum Gasteiger partial charge on any atom is -0.495 e. The number of nitriles is 1. The number of para-hydroxylation sites is 1. The third kappa shape index (κ3) is 3.66. The summed E-state index contributed by atoms with van der Waals surface area (Å²) in [6.45, 7) is 1.93. The molecule has 0 saturated heterocycles. The van der Waals surface area contributed by atoms with Crippen LogP contribution < -0.4 is 15.6 Å². The van der Waals surface area contributed by atoms with E-state index < -0.39 is 5.56 Å². The monoisotopic (exact) mass is 338 g/mol. The Hall–Kier alpha value is -2.81. The molecule has 1 heterocycles. The van der Waals surface area contributed by atoms with Gasteiger partial charge in [-0.15, -0.1) is 0 Å². The van der Waals surface area contributed by atoms with Crippen molar-refractivity contribution in [2.45, 2.75) is 39.0 Å². The third-order valence-corrected chi connectivity index (χ3v) is 4.73. The predicted octanol–water partition coefficient (Wildman–Crippen LogP) is 3.43. The summed E-state index contributed by atoms with van der Waals surface area (Å²) in [5.41, 5.74) is 1.25. The molecule has 1 fully saturated rings. The first-order chi connectivity index (χ1) is 12.1. The second-order valence-corrected chi connectivity index (χ2v) is 6.48. The van der Waals surface area contributed by atoms with Crippen LogP contribution in [-0.4, -0.2) is 17.1 Å². The smallest absolute Gasteiger partial charge is 0.271 e. The van der Waals surface area contributed by atoms with Gasteiger partial charge in [0.25, 0.3) is 5.56 Å². The van der Waals surface area contributed by atoms with Crippen LogP contribution >= 0.6 is 0 Å². The summed E-state index contributed by atoms with van der Waals surface area (Å²) in [6.07, 6.45) is 5.53. The number of aromatic amines is 1. The Kier molecular flexibility index (Phi) is 5.03. The SMILES string of the molecule is COc1cccc(C)c1Nc1nc(CC2CCCC2)[nH]c(=O)c1C#N. The van der Waals surface area contributed by atoms with E-state index in [1.54, 1.807) is 7.11 Å². The number of benzene rings is 1. The van der Waals surface area contributed by atoms with E-state index in [1.165, 1.54) is 12.8 Å². The molecule has 6 heteroatoms. The van der Waals surface area contributed by atoms with Crippen LogP contribution in [0, 0.1) is 24.2 Å². The Morgan fingerprint density at radius 2 is 2.16 bits per heavy atom. The number of aryl methyl sites for hydroxylation is 1. The molecule has 1 aromatic carbocycles. The van der Waals surface area contributed by atoms with Crippen LogP contribution in [0.5, 0.6) is 5.75 Å². The number of hydrogen-bond donors (Lipinski definition) is 2. The summed E-state index contributed by atoms with van der Waals surface area (Å²) < 4.78 is 5.38. The van der Waals surface area contributed by atoms with E-state index >= 15 is 0 Å². The summed E-state index contributed by atoms with van der Waals surface area (Å²) in [5.74, 6) is 2.11. The van der Waals surface area contributed by atoms with Crippen molar-refractivity contribution < 1.29 is 4.74 Å². The second-order valence-electron chi connectivity index (χ2n) is 6.48. The number of ether oxygens (including phenoxy) is 1. The molecule has 0 amide bonds. The lowest BCUT2D eigenvalue weighted by Crippen LogP contribution is -2.19. The molecule has 2 N–H and O–H groups in total. The maximum atomic E-state index is 12.3. The minimum atomic E-state index is -0.402. The van der Waals surface area contributed by atoms with Crippen LogP contribution in [0.25, 0.3) is 0 Å². The molecule has 0 radical (unpaired) electrons. The molecule has 3 rings (SSSR count). The van der Waals surface area contributed by atoms with Crippen LogP contribution in [-0.2, 0) is 6.42 Å². The first-order valence-electron chi connectivity index (χ1n) is 8.56. The molecule has 6 nitrogen and oxygen atoms in total. The van der Waals surface area contributed by atoms with Gasteiger partial charge in [-0.2, -0.15) is 5.26 Å². The quantitative estimate of drug-likeness (QED) is 0.871. The van der Waals surface area contributed by atoms with Crippen LogP contribution in [0.3, 0.4) is 0 Å². The summed E-state index contributed by atoms with van der Waals surface area (Å²) in [5, 5.41) is 12.5. The molecular weight excluding hydrogens is 316 g/mol. The summed E-state index contributed by atoms with van der Waals surface area (Å²) in [6, 6.07) is 7.60. The van der Waals surface area contributed by atoms with E-state index in [1.807, 2.05) is 31.2 Å². The van der Waals surface area contributed by atoms with Gasteiger partial charge in [-0.05, 0) is 24.5 Å². The molecular formula is C19H22N4O2. The highest BCUT2D eigenvalue weighted by Gasteiger charge is 2.19. The average Bonchev–Trinajstić information content (AvgIpc) is 3.09. The number of rotatable bonds is 5. The van der Waals surface area contributed by atoms with Gasteiger partial charge in [0, 0.05) is 6.42 Å². The lowest BCUT2D eigenvalue weighted by molar-refractivity contribution is 0.416. The number of H-pyrrole nitrogens is 1. The summed E-state index contributed by atoms with van der Waals surface area (Å²) in [7, 11) is 1.59. The molecule has 0 aliphatic heterocycles. The van der Waals surface area contributed by atoms with Gasteiger partial charge in [0.15, 0.2) is 11.4 Å². The van der Waals surface area contributed by atoms with Crippen molar-refractivity contribution in [3.8, 4) is 11.8 Å². The van der Waals surface area contributed by atoms with Gasteiger partial charge in [0.1, 0.15) is 17.6 Å². The lowest BCUT2D eigenvalue weighted by Gasteiger charge is -2.15. The number of hydrogen-bond acceptors (Lipinski definition) is 5. The molecule has 1 aliphatic rings. The molecule has 130 valence electrons. The van der Waals surface area contributed by atoms with E-state index in [9.17, 15) is 10.1 Å². The third-order valence-electron chi connectivity index (χ3n) is 4.73. The van der Waals surface area contributed by atoms with Gasteiger partial charge >= 0.3 is 0 Å². The standard InChI is InChI=1S/C19H22N4O2/c1-12-6-5-9-15(25-2)17(12)23-18-14(11-20)19(24)22-16(21-18)10-13-7-3-4-8-13/h5-6,9,13H,3-4,7-8,10H2,1-2H3,(H2,21,22,23,24). The highest BCUT2D eigenvalue weighted by atomic mass is 16.5. The van der Waals surface area contributed by atoms with E-state index in [0.717, 1.165) is 24.8 Å². The number of nitrogens with zero attached hydrogens (tertiary/aromatic N) is 2. The molecule has 1 saturated carbocycles. The Bertz CT molecular complexity index is 861. The fourth-order valence-corrected chi connectivity index (χ4v) is 3.39. The first kappa shape index (κ1) is 17.0. The van der Waals surface area contributed by atoms with Crippen molar-refractivity contribution in [3.05, 3.63) is 45.5 Å². The molecule has 25 heavy (non-hydrogen) atoms. The molecule has 1 aliphatic carbocycles. The molecule has 0 spiro atoms. The van der Waals surface area contributed by atoms with Crippen LogP contribution in [0.4, 0.5) is 11.5 Å². The normalized spacial score (nSPS) is 14.3. The largest absolute Gasteiger partial charge is 0.495 e. The van der Waals surface area contributed by atoms with E-state index in [2.05, 4.69) is 15.3 Å². The highest BCUT2D eigenvalue weighted by molar-refractivity contribution is 5.70. The van der Waals surface area contributed by atoms with Gasteiger partial charge in [-0.3, -0.25) is 4.79 Å². The fourth-order valence-electron chi connectivity index (χ4n) is 3.39. The Morgan fingerprint density at radius 1 is 1.40 bits per heavy atom. The average molecular weight is 338 g/mol. The lowest BCUT2D eigenvalue weighted by atomic mass is 10.0. The minimum absolute atomic E-state index is 0.0134. The van der Waals surface area contributed by atoms with Crippen molar-refractivity contribution in [2.24, 2.45) is 5.92 Å². The van der Waals surface area contributed by atoms with Crippen molar-refractivity contribution in [1.29, 1.82) is 5.26 Å². The highest BCUT2D eigenvalue weighted by Crippen LogP contribution is 2.31. The summed E-state index contributed by atoms with van der Waals surface area (Å²) >= 11 is 0. The fraction of sp³-hybridized carbons (Fsp3) is 0.421. The van der Waals surface area contributed by atoms with Gasteiger partial charge in [0.2, 0.25) is 0 Å². The second kappa shape index (κ2) is 7.39. The summed E-state index contributed by atoms with van der Waals surface area (Å²) in [4.78, 5) is 19.6. The molecule has 2 aromatic rings. The number of aromatic nitrogens is 2. The molecule has 1 aromatic heterocycles. The number of methoxy groups -OCH3 is 1. The van der Waals surface area contributed by atoms with Gasteiger partial charge in [-0.25, -0.2) is 4.98 Å². The van der Waals surface area contributed by atoms with Gasteiger partial charge < -0.3 is 15.0 Å². The zero-order chi connectivity index (χ0) is 17.8. The maximum Gasteiger partial charge on any atom is 0.271 e.